The molecular formula is C27H35N5O. The van der Waals surface area contributed by atoms with Crippen LogP contribution in [0, 0.1) is 12.8 Å². The van der Waals surface area contributed by atoms with Gasteiger partial charge in [-0.05, 0) is 63.5 Å². The first-order valence-electron chi connectivity index (χ1n) is 12.4. The highest BCUT2D eigenvalue weighted by Crippen LogP contribution is 2.25. The number of nitrogens with zero attached hydrogens (tertiary/aromatic N) is 5. The number of likely N-dealkylation sites (tertiary alicyclic amines) is 1. The zero-order valence-corrected chi connectivity index (χ0v) is 19.9. The van der Waals surface area contributed by atoms with Gasteiger partial charge in [-0.1, -0.05) is 30.3 Å². The maximum atomic E-state index is 13.2. The van der Waals surface area contributed by atoms with Crippen LogP contribution in [-0.2, 0) is 17.9 Å². The van der Waals surface area contributed by atoms with Crippen LogP contribution < -0.4 is 4.90 Å². The number of benzene rings is 2. The lowest BCUT2D eigenvalue weighted by Crippen LogP contribution is -2.51. The van der Waals surface area contributed by atoms with Gasteiger partial charge in [0.25, 0.3) is 0 Å². The lowest BCUT2D eigenvalue weighted by atomic mass is 9.95. The van der Waals surface area contributed by atoms with Crippen LogP contribution in [0.5, 0.6) is 0 Å². The predicted molar refractivity (Wildman–Crippen MR) is 133 cm³/mol. The molecule has 3 aromatic rings. The van der Waals surface area contributed by atoms with Crippen molar-refractivity contribution in [3.63, 3.8) is 0 Å². The Morgan fingerprint density at radius 1 is 0.939 bits per heavy atom. The van der Waals surface area contributed by atoms with Gasteiger partial charge >= 0.3 is 0 Å². The van der Waals surface area contributed by atoms with E-state index in [1.165, 1.54) is 16.8 Å². The Balaban J connectivity index is 1.14. The molecule has 0 spiro atoms. The SMILES string of the molecule is CCn1c(CN2CCC(C(=O)N3CCN(c4ccccc4C)CC3)CC2)nc2ccccc21. The second-order valence-electron chi connectivity index (χ2n) is 9.41. The molecule has 33 heavy (non-hydrogen) atoms. The molecule has 1 amide bonds. The number of para-hydroxylation sites is 3. The van der Waals surface area contributed by atoms with Crippen molar-refractivity contribution in [1.29, 1.82) is 0 Å². The van der Waals surface area contributed by atoms with E-state index in [1.807, 2.05) is 0 Å². The number of anilines is 1. The first-order chi connectivity index (χ1) is 16.1. The fraction of sp³-hybridized carbons (Fsp3) is 0.481. The lowest BCUT2D eigenvalue weighted by Gasteiger charge is -2.39. The number of aryl methyl sites for hydroxylation is 2. The van der Waals surface area contributed by atoms with Crippen molar-refractivity contribution in [2.24, 2.45) is 5.92 Å². The molecule has 2 aliphatic heterocycles. The minimum Gasteiger partial charge on any atom is -0.368 e. The molecule has 2 saturated heterocycles. The maximum absolute atomic E-state index is 13.2. The summed E-state index contributed by atoms with van der Waals surface area (Å²) in [6.07, 6.45) is 1.90. The Hall–Kier alpha value is -2.86. The van der Waals surface area contributed by atoms with Crippen molar-refractivity contribution >= 4 is 22.6 Å². The summed E-state index contributed by atoms with van der Waals surface area (Å²) < 4.78 is 2.32. The number of rotatable bonds is 5. The first kappa shape index (κ1) is 22.0. The van der Waals surface area contributed by atoms with E-state index in [4.69, 9.17) is 4.98 Å². The van der Waals surface area contributed by atoms with Crippen LogP contribution >= 0.6 is 0 Å². The Kier molecular flexibility index (Phi) is 6.36. The van der Waals surface area contributed by atoms with Crippen LogP contribution in [0.25, 0.3) is 11.0 Å². The molecule has 6 heteroatoms. The third-order valence-electron chi connectivity index (χ3n) is 7.40. The molecular weight excluding hydrogens is 410 g/mol. The molecule has 0 radical (unpaired) electrons. The number of piperidine rings is 1. The predicted octanol–water partition coefficient (Wildman–Crippen LogP) is 3.93. The highest BCUT2D eigenvalue weighted by molar-refractivity contribution is 5.79. The zero-order chi connectivity index (χ0) is 22.8. The first-order valence-corrected chi connectivity index (χ1v) is 12.4. The van der Waals surface area contributed by atoms with Crippen molar-refractivity contribution in [2.45, 2.75) is 39.8 Å². The summed E-state index contributed by atoms with van der Waals surface area (Å²) >= 11 is 0. The van der Waals surface area contributed by atoms with Gasteiger partial charge in [0.05, 0.1) is 17.6 Å². The number of fused-ring (bicyclic) bond motifs is 1. The van der Waals surface area contributed by atoms with Crippen molar-refractivity contribution in [2.75, 3.05) is 44.2 Å². The molecule has 0 atom stereocenters. The number of piperazine rings is 1. The Labute approximate surface area is 196 Å². The molecule has 2 aliphatic rings. The van der Waals surface area contributed by atoms with Gasteiger partial charge in [-0.15, -0.1) is 0 Å². The fourth-order valence-electron chi connectivity index (χ4n) is 5.48. The van der Waals surface area contributed by atoms with E-state index in [9.17, 15) is 4.79 Å². The van der Waals surface area contributed by atoms with E-state index in [2.05, 4.69) is 81.6 Å². The molecule has 1 aromatic heterocycles. The van der Waals surface area contributed by atoms with E-state index < -0.39 is 0 Å². The van der Waals surface area contributed by atoms with E-state index in [1.54, 1.807) is 0 Å². The summed E-state index contributed by atoms with van der Waals surface area (Å²) in [7, 11) is 0. The normalized spacial score (nSPS) is 18.2. The molecule has 2 aromatic carbocycles. The second-order valence-corrected chi connectivity index (χ2v) is 9.41. The van der Waals surface area contributed by atoms with Crippen molar-refractivity contribution in [3.8, 4) is 0 Å². The molecule has 0 bridgehead atoms. The molecule has 6 nitrogen and oxygen atoms in total. The Morgan fingerprint density at radius 3 is 2.36 bits per heavy atom. The minimum atomic E-state index is 0.163. The zero-order valence-electron chi connectivity index (χ0n) is 19.9. The van der Waals surface area contributed by atoms with Crippen molar-refractivity contribution in [3.05, 3.63) is 59.9 Å². The Bertz CT molecular complexity index is 1110. The van der Waals surface area contributed by atoms with Gasteiger partial charge in [-0.25, -0.2) is 4.98 Å². The van der Waals surface area contributed by atoms with Crippen LogP contribution in [0.3, 0.4) is 0 Å². The van der Waals surface area contributed by atoms with Gasteiger partial charge in [0.2, 0.25) is 5.91 Å². The molecule has 0 aliphatic carbocycles. The molecule has 0 N–H and O–H groups in total. The average Bonchev–Trinajstić information content (AvgIpc) is 3.21. The van der Waals surface area contributed by atoms with Gasteiger partial charge in [-0.2, -0.15) is 0 Å². The average molecular weight is 446 g/mol. The van der Waals surface area contributed by atoms with Crippen LogP contribution in [0.1, 0.15) is 31.2 Å². The van der Waals surface area contributed by atoms with Crippen molar-refractivity contribution in [1.82, 2.24) is 19.4 Å². The van der Waals surface area contributed by atoms with Gasteiger partial charge in [0, 0.05) is 44.3 Å². The minimum absolute atomic E-state index is 0.163. The number of aromatic nitrogens is 2. The molecule has 5 rings (SSSR count). The number of hydrogen-bond acceptors (Lipinski definition) is 4. The highest BCUT2D eigenvalue weighted by atomic mass is 16.2. The van der Waals surface area contributed by atoms with E-state index in [0.717, 1.165) is 76.5 Å². The Morgan fingerprint density at radius 2 is 1.64 bits per heavy atom. The molecule has 2 fully saturated rings. The van der Waals surface area contributed by atoms with Gasteiger partial charge in [-0.3, -0.25) is 9.69 Å². The maximum Gasteiger partial charge on any atom is 0.225 e. The fourth-order valence-corrected chi connectivity index (χ4v) is 5.48. The largest absolute Gasteiger partial charge is 0.368 e. The van der Waals surface area contributed by atoms with E-state index >= 15 is 0 Å². The smallest absolute Gasteiger partial charge is 0.225 e. The van der Waals surface area contributed by atoms with Gasteiger partial charge in [0.1, 0.15) is 5.82 Å². The number of carbonyl (C=O) groups is 1. The lowest BCUT2D eigenvalue weighted by molar-refractivity contribution is -0.137. The molecule has 174 valence electrons. The second kappa shape index (κ2) is 9.56. The third kappa shape index (κ3) is 4.49. The summed E-state index contributed by atoms with van der Waals surface area (Å²) in [5.74, 6) is 1.66. The van der Waals surface area contributed by atoms with Gasteiger partial charge in [0.15, 0.2) is 0 Å². The standard InChI is InChI=1S/C27H35N5O/c1-3-32-25-11-7-5-9-23(25)28-26(32)20-29-14-12-22(13-15-29)27(33)31-18-16-30(17-19-31)24-10-6-4-8-21(24)2/h4-11,22H,3,12-20H2,1-2H3. The summed E-state index contributed by atoms with van der Waals surface area (Å²) in [6.45, 7) is 11.6. The summed E-state index contributed by atoms with van der Waals surface area (Å²) in [5, 5.41) is 0. The number of imidazole rings is 1. The van der Waals surface area contributed by atoms with Crippen LogP contribution in [0.4, 0.5) is 5.69 Å². The summed E-state index contributed by atoms with van der Waals surface area (Å²) in [4.78, 5) is 25.1. The van der Waals surface area contributed by atoms with Crippen LogP contribution in [0.2, 0.25) is 0 Å². The number of hydrogen-bond donors (Lipinski definition) is 0. The molecule has 3 heterocycles. The topological polar surface area (TPSA) is 44.6 Å². The third-order valence-corrected chi connectivity index (χ3v) is 7.40. The van der Waals surface area contributed by atoms with Crippen LogP contribution in [-0.4, -0.2) is 64.5 Å². The molecule has 0 saturated carbocycles. The van der Waals surface area contributed by atoms with Crippen molar-refractivity contribution < 1.29 is 4.79 Å². The highest BCUT2D eigenvalue weighted by Gasteiger charge is 2.31. The quantitative estimate of drug-likeness (QED) is 0.597. The monoisotopic (exact) mass is 445 g/mol. The molecule has 0 unspecified atom stereocenters. The van der Waals surface area contributed by atoms with Gasteiger partial charge < -0.3 is 14.4 Å². The van der Waals surface area contributed by atoms with E-state index in [-0.39, 0.29) is 5.92 Å². The van der Waals surface area contributed by atoms with Crippen LogP contribution in [0.15, 0.2) is 48.5 Å². The summed E-state index contributed by atoms with van der Waals surface area (Å²) in [5.41, 5.74) is 4.89. The number of carbonyl (C=O) groups excluding carboxylic acids is 1. The summed E-state index contributed by atoms with van der Waals surface area (Å²) in [6, 6.07) is 16.9. The van der Waals surface area contributed by atoms with E-state index in [0.29, 0.717) is 5.91 Å². The number of amides is 1.